The molecule has 4 heteroatoms. The first-order valence-electron chi connectivity index (χ1n) is 8.36. The zero-order valence-electron chi connectivity index (χ0n) is 13.6. The van der Waals surface area contributed by atoms with E-state index in [0.29, 0.717) is 6.04 Å². The highest BCUT2D eigenvalue weighted by Crippen LogP contribution is 2.47. The minimum absolute atomic E-state index is 0.578. The molecule has 0 radical (unpaired) electrons. The predicted molar refractivity (Wildman–Crippen MR) is 88.5 cm³/mol. The number of piperazine rings is 1. The molecule has 0 amide bonds. The summed E-state index contributed by atoms with van der Waals surface area (Å²) in [5.74, 6) is -0.660. The lowest BCUT2D eigenvalue weighted by atomic mass is 9.64. The van der Waals surface area contributed by atoms with Gasteiger partial charge in [-0.05, 0) is 38.3 Å². The smallest absolute Gasteiger partial charge is 0.314 e. The van der Waals surface area contributed by atoms with Gasteiger partial charge < -0.3 is 10.0 Å². The molecular formula is C18H26N2O2. The Balaban J connectivity index is 1.85. The summed E-state index contributed by atoms with van der Waals surface area (Å²) >= 11 is 0. The molecule has 1 N–H and O–H groups in total. The standard InChI is InChI=1S/C18H26N2O2/c1-14(2)19-10-12-20(13-11-19)16-7-4-3-6-15(16)18(17(21)22)8-5-9-18/h3-4,6-7,14H,5,8-13H2,1-2H3,(H,21,22). The van der Waals surface area contributed by atoms with Gasteiger partial charge in [0.2, 0.25) is 0 Å². The van der Waals surface area contributed by atoms with Gasteiger partial charge in [-0.25, -0.2) is 0 Å². The molecule has 1 saturated carbocycles. The predicted octanol–water partition coefficient (Wildman–Crippen LogP) is 2.72. The van der Waals surface area contributed by atoms with Crippen molar-refractivity contribution in [1.82, 2.24) is 4.90 Å². The fourth-order valence-corrected chi connectivity index (χ4v) is 3.76. The monoisotopic (exact) mass is 302 g/mol. The van der Waals surface area contributed by atoms with Crippen molar-refractivity contribution in [2.75, 3.05) is 31.1 Å². The van der Waals surface area contributed by atoms with Crippen LogP contribution in [0.4, 0.5) is 5.69 Å². The van der Waals surface area contributed by atoms with E-state index in [2.05, 4.69) is 29.7 Å². The molecule has 120 valence electrons. The number of carboxylic acids is 1. The second-order valence-electron chi connectivity index (χ2n) is 6.87. The number of hydrogen-bond donors (Lipinski definition) is 1. The van der Waals surface area contributed by atoms with Crippen LogP contribution < -0.4 is 4.90 Å². The Kier molecular flexibility index (Phi) is 4.13. The first kappa shape index (κ1) is 15.3. The van der Waals surface area contributed by atoms with Gasteiger partial charge in [0.15, 0.2) is 0 Å². The number of hydrogen-bond acceptors (Lipinski definition) is 3. The van der Waals surface area contributed by atoms with E-state index in [9.17, 15) is 9.90 Å². The first-order chi connectivity index (χ1) is 10.5. The fraction of sp³-hybridized carbons (Fsp3) is 0.611. The molecule has 0 atom stereocenters. The van der Waals surface area contributed by atoms with Crippen LogP contribution in [-0.4, -0.2) is 48.2 Å². The zero-order chi connectivity index (χ0) is 15.7. The SMILES string of the molecule is CC(C)N1CCN(c2ccccc2C2(C(=O)O)CCC2)CC1. The molecule has 3 rings (SSSR count). The lowest BCUT2D eigenvalue weighted by Crippen LogP contribution is -2.50. The molecule has 22 heavy (non-hydrogen) atoms. The van der Waals surface area contributed by atoms with E-state index in [1.165, 1.54) is 0 Å². The average molecular weight is 302 g/mol. The molecule has 1 aliphatic heterocycles. The normalized spacial score (nSPS) is 21.7. The van der Waals surface area contributed by atoms with Crippen LogP contribution in [0.1, 0.15) is 38.7 Å². The van der Waals surface area contributed by atoms with Crippen molar-refractivity contribution in [2.24, 2.45) is 0 Å². The Hall–Kier alpha value is -1.55. The molecule has 1 aliphatic carbocycles. The van der Waals surface area contributed by atoms with Gasteiger partial charge in [0.25, 0.3) is 0 Å². The fourth-order valence-electron chi connectivity index (χ4n) is 3.76. The lowest BCUT2D eigenvalue weighted by molar-refractivity contribution is -0.147. The zero-order valence-corrected chi connectivity index (χ0v) is 13.6. The topological polar surface area (TPSA) is 43.8 Å². The summed E-state index contributed by atoms with van der Waals surface area (Å²) in [5.41, 5.74) is 1.51. The van der Waals surface area contributed by atoms with Crippen molar-refractivity contribution >= 4 is 11.7 Å². The maximum atomic E-state index is 11.9. The van der Waals surface area contributed by atoms with Crippen LogP contribution in [0, 0.1) is 0 Å². The number of anilines is 1. The highest BCUT2D eigenvalue weighted by atomic mass is 16.4. The third kappa shape index (κ3) is 2.50. The van der Waals surface area contributed by atoms with Crippen LogP contribution in [0.3, 0.4) is 0 Å². The van der Waals surface area contributed by atoms with Crippen molar-refractivity contribution in [1.29, 1.82) is 0 Å². The summed E-state index contributed by atoms with van der Waals surface area (Å²) in [6.45, 7) is 8.52. The van der Waals surface area contributed by atoms with Gasteiger partial charge in [0.05, 0.1) is 5.41 Å². The molecule has 0 spiro atoms. The van der Waals surface area contributed by atoms with Crippen molar-refractivity contribution in [3.63, 3.8) is 0 Å². The van der Waals surface area contributed by atoms with E-state index < -0.39 is 11.4 Å². The number of rotatable bonds is 4. The van der Waals surface area contributed by atoms with Crippen LogP contribution >= 0.6 is 0 Å². The van der Waals surface area contributed by atoms with E-state index >= 15 is 0 Å². The molecule has 0 bridgehead atoms. The third-order valence-corrected chi connectivity index (χ3v) is 5.42. The molecule has 0 aromatic heterocycles. The van der Waals surface area contributed by atoms with Crippen molar-refractivity contribution in [3.8, 4) is 0 Å². The number of aliphatic carboxylic acids is 1. The van der Waals surface area contributed by atoms with Crippen LogP contribution in [-0.2, 0) is 10.2 Å². The van der Waals surface area contributed by atoms with Crippen molar-refractivity contribution in [2.45, 2.75) is 44.6 Å². The maximum Gasteiger partial charge on any atom is 0.314 e. The van der Waals surface area contributed by atoms with Crippen LogP contribution in [0.15, 0.2) is 24.3 Å². The van der Waals surface area contributed by atoms with E-state index in [1.807, 2.05) is 18.2 Å². The van der Waals surface area contributed by atoms with Gasteiger partial charge in [-0.15, -0.1) is 0 Å². The van der Waals surface area contributed by atoms with Gasteiger partial charge in [-0.2, -0.15) is 0 Å². The van der Waals surface area contributed by atoms with E-state index in [4.69, 9.17) is 0 Å². The number of nitrogens with zero attached hydrogens (tertiary/aromatic N) is 2. The van der Waals surface area contributed by atoms with E-state index in [0.717, 1.165) is 56.7 Å². The summed E-state index contributed by atoms with van der Waals surface area (Å²) in [6.07, 6.45) is 2.55. The van der Waals surface area contributed by atoms with Crippen LogP contribution in [0.2, 0.25) is 0 Å². The molecule has 4 nitrogen and oxygen atoms in total. The number of para-hydroxylation sites is 1. The van der Waals surface area contributed by atoms with Gasteiger partial charge in [0, 0.05) is 37.9 Å². The summed E-state index contributed by atoms with van der Waals surface area (Å²) in [4.78, 5) is 16.7. The summed E-state index contributed by atoms with van der Waals surface area (Å²) in [7, 11) is 0. The minimum atomic E-state index is -0.660. The molecule has 1 aromatic rings. The van der Waals surface area contributed by atoms with Gasteiger partial charge in [0.1, 0.15) is 0 Å². The van der Waals surface area contributed by atoms with E-state index in [-0.39, 0.29) is 0 Å². The highest BCUT2D eigenvalue weighted by Gasteiger charge is 2.47. The van der Waals surface area contributed by atoms with Crippen LogP contribution in [0.25, 0.3) is 0 Å². The molecule has 1 heterocycles. The highest BCUT2D eigenvalue weighted by molar-refractivity contribution is 5.85. The second kappa shape index (κ2) is 5.92. The summed E-state index contributed by atoms with van der Waals surface area (Å²) in [5, 5.41) is 9.75. The van der Waals surface area contributed by atoms with Crippen molar-refractivity contribution < 1.29 is 9.90 Å². The number of benzene rings is 1. The average Bonchev–Trinajstić information content (AvgIpc) is 2.46. The molecule has 2 fully saturated rings. The van der Waals surface area contributed by atoms with Gasteiger partial charge >= 0.3 is 5.97 Å². The number of carboxylic acid groups (broad SMARTS) is 1. The Morgan fingerprint density at radius 2 is 1.77 bits per heavy atom. The van der Waals surface area contributed by atoms with Crippen LogP contribution in [0.5, 0.6) is 0 Å². The van der Waals surface area contributed by atoms with Gasteiger partial charge in [-0.1, -0.05) is 24.6 Å². The molecular weight excluding hydrogens is 276 g/mol. The van der Waals surface area contributed by atoms with E-state index in [1.54, 1.807) is 0 Å². The molecule has 1 aromatic carbocycles. The second-order valence-corrected chi connectivity index (χ2v) is 6.87. The third-order valence-electron chi connectivity index (χ3n) is 5.42. The first-order valence-corrected chi connectivity index (χ1v) is 8.36. The Bertz CT molecular complexity index is 544. The summed E-state index contributed by atoms with van der Waals surface area (Å²) in [6, 6.07) is 8.71. The lowest BCUT2D eigenvalue weighted by Gasteiger charge is -2.43. The van der Waals surface area contributed by atoms with Gasteiger partial charge in [-0.3, -0.25) is 9.69 Å². The molecule has 2 aliphatic rings. The molecule has 1 saturated heterocycles. The summed E-state index contributed by atoms with van der Waals surface area (Å²) < 4.78 is 0. The quantitative estimate of drug-likeness (QED) is 0.929. The Morgan fingerprint density at radius 3 is 2.27 bits per heavy atom. The largest absolute Gasteiger partial charge is 0.481 e. The van der Waals surface area contributed by atoms with Crippen molar-refractivity contribution in [3.05, 3.63) is 29.8 Å². The minimum Gasteiger partial charge on any atom is -0.481 e. The number of carbonyl (C=O) groups is 1. The Morgan fingerprint density at radius 1 is 1.14 bits per heavy atom. The Labute approximate surface area is 132 Å². The maximum absolute atomic E-state index is 11.9. The molecule has 0 unspecified atom stereocenters.